The molecule has 0 saturated carbocycles. The van der Waals surface area contributed by atoms with E-state index < -0.39 is 15.4 Å². The standard InChI is InChI=1S/C19H19N3O3S/c20-14-19(16-4-2-1-3-5-16)10-12-22(13-11-19)18(23)15-6-8-17(9-7-15)26(21,24)25/h1-9H,10-13H2,(H2,21,24,25). The second kappa shape index (κ2) is 6.90. The van der Waals surface area contributed by atoms with Gasteiger partial charge in [-0.1, -0.05) is 30.3 Å². The van der Waals surface area contributed by atoms with Crippen LogP contribution in [0.3, 0.4) is 0 Å². The molecule has 134 valence electrons. The summed E-state index contributed by atoms with van der Waals surface area (Å²) in [6, 6.07) is 17.7. The zero-order valence-electron chi connectivity index (χ0n) is 14.1. The van der Waals surface area contributed by atoms with Crippen molar-refractivity contribution >= 4 is 15.9 Å². The monoisotopic (exact) mass is 369 g/mol. The Morgan fingerprint density at radius 1 is 1.04 bits per heavy atom. The Labute approximate surface area is 152 Å². The molecule has 1 aliphatic heterocycles. The number of rotatable bonds is 3. The molecule has 6 nitrogen and oxygen atoms in total. The number of hydrogen-bond donors (Lipinski definition) is 1. The Kier molecular flexibility index (Phi) is 4.81. The van der Waals surface area contributed by atoms with E-state index in [0.29, 0.717) is 31.5 Å². The van der Waals surface area contributed by atoms with Crippen LogP contribution >= 0.6 is 0 Å². The van der Waals surface area contributed by atoms with Crippen LogP contribution < -0.4 is 5.14 Å². The summed E-state index contributed by atoms with van der Waals surface area (Å²) in [4.78, 5) is 14.3. The fraction of sp³-hybridized carbons (Fsp3) is 0.263. The number of primary sulfonamides is 1. The Hall–Kier alpha value is -2.69. The average molecular weight is 369 g/mol. The highest BCUT2D eigenvalue weighted by molar-refractivity contribution is 7.89. The molecule has 2 N–H and O–H groups in total. The van der Waals surface area contributed by atoms with Crippen molar-refractivity contribution in [3.8, 4) is 6.07 Å². The van der Waals surface area contributed by atoms with Crippen LogP contribution in [0.5, 0.6) is 0 Å². The molecule has 2 aromatic rings. The van der Waals surface area contributed by atoms with E-state index in [1.165, 1.54) is 24.3 Å². The van der Waals surface area contributed by atoms with E-state index in [1.807, 2.05) is 30.3 Å². The third kappa shape index (κ3) is 3.47. The van der Waals surface area contributed by atoms with Crippen molar-refractivity contribution in [1.29, 1.82) is 5.26 Å². The largest absolute Gasteiger partial charge is 0.339 e. The molecule has 0 atom stereocenters. The van der Waals surface area contributed by atoms with Crippen molar-refractivity contribution in [2.45, 2.75) is 23.2 Å². The van der Waals surface area contributed by atoms with Gasteiger partial charge in [0, 0.05) is 18.7 Å². The minimum absolute atomic E-state index is 0.0275. The minimum atomic E-state index is -3.78. The molecule has 0 bridgehead atoms. The highest BCUT2D eigenvalue weighted by atomic mass is 32.2. The minimum Gasteiger partial charge on any atom is -0.339 e. The first kappa shape index (κ1) is 18.1. The van der Waals surface area contributed by atoms with Crippen LogP contribution in [0.2, 0.25) is 0 Å². The topological polar surface area (TPSA) is 104 Å². The van der Waals surface area contributed by atoms with Gasteiger partial charge in [-0.2, -0.15) is 5.26 Å². The van der Waals surface area contributed by atoms with Gasteiger partial charge in [0.1, 0.15) is 0 Å². The van der Waals surface area contributed by atoms with Gasteiger partial charge in [0.25, 0.3) is 5.91 Å². The van der Waals surface area contributed by atoms with Gasteiger partial charge in [-0.05, 0) is 42.7 Å². The lowest BCUT2D eigenvalue weighted by atomic mass is 9.74. The summed E-state index contributed by atoms with van der Waals surface area (Å²) in [5.74, 6) is -0.175. The van der Waals surface area contributed by atoms with Gasteiger partial charge >= 0.3 is 0 Å². The number of carbonyl (C=O) groups excluding carboxylic acids is 1. The zero-order chi connectivity index (χ0) is 18.8. The smallest absolute Gasteiger partial charge is 0.253 e. The van der Waals surface area contributed by atoms with Crippen molar-refractivity contribution in [2.24, 2.45) is 5.14 Å². The third-order valence-corrected chi connectivity index (χ3v) is 5.80. The lowest BCUT2D eigenvalue weighted by Gasteiger charge is -2.37. The molecule has 0 aromatic heterocycles. The van der Waals surface area contributed by atoms with Crippen LogP contribution in [0.15, 0.2) is 59.5 Å². The highest BCUT2D eigenvalue weighted by Crippen LogP contribution is 2.35. The molecule has 2 aromatic carbocycles. The molecular weight excluding hydrogens is 350 g/mol. The number of amides is 1. The Bertz CT molecular complexity index is 940. The molecule has 26 heavy (non-hydrogen) atoms. The second-order valence-corrected chi connectivity index (χ2v) is 7.98. The Morgan fingerprint density at radius 3 is 2.12 bits per heavy atom. The first-order valence-corrected chi connectivity index (χ1v) is 9.79. The molecule has 1 amide bonds. The molecule has 7 heteroatoms. The number of likely N-dealkylation sites (tertiary alicyclic amines) is 1. The third-order valence-electron chi connectivity index (χ3n) is 4.87. The Balaban J connectivity index is 1.73. The van der Waals surface area contributed by atoms with E-state index in [9.17, 15) is 18.5 Å². The lowest BCUT2D eigenvalue weighted by Crippen LogP contribution is -2.44. The fourth-order valence-corrected chi connectivity index (χ4v) is 3.80. The summed E-state index contributed by atoms with van der Waals surface area (Å²) in [7, 11) is -3.78. The van der Waals surface area contributed by atoms with Crippen molar-refractivity contribution < 1.29 is 13.2 Å². The number of sulfonamides is 1. The molecule has 1 heterocycles. The van der Waals surface area contributed by atoms with Gasteiger partial charge in [-0.3, -0.25) is 4.79 Å². The quantitative estimate of drug-likeness (QED) is 0.894. The normalized spacial score (nSPS) is 16.7. The van der Waals surface area contributed by atoms with Crippen LogP contribution in [-0.4, -0.2) is 32.3 Å². The van der Waals surface area contributed by atoms with E-state index >= 15 is 0 Å². The fourth-order valence-electron chi connectivity index (χ4n) is 3.28. The Morgan fingerprint density at radius 2 is 1.62 bits per heavy atom. The highest BCUT2D eigenvalue weighted by Gasteiger charge is 2.37. The van der Waals surface area contributed by atoms with Gasteiger partial charge in [0.05, 0.1) is 16.4 Å². The van der Waals surface area contributed by atoms with E-state index in [4.69, 9.17) is 5.14 Å². The molecule has 0 aliphatic carbocycles. The molecule has 0 spiro atoms. The van der Waals surface area contributed by atoms with Crippen LogP contribution in [0.1, 0.15) is 28.8 Å². The van der Waals surface area contributed by atoms with Crippen molar-refractivity contribution in [1.82, 2.24) is 4.90 Å². The van der Waals surface area contributed by atoms with Crippen molar-refractivity contribution in [3.63, 3.8) is 0 Å². The molecule has 1 fully saturated rings. The van der Waals surface area contributed by atoms with Crippen molar-refractivity contribution in [3.05, 3.63) is 65.7 Å². The number of hydrogen-bond acceptors (Lipinski definition) is 4. The van der Waals surface area contributed by atoms with Gasteiger partial charge in [-0.15, -0.1) is 0 Å². The van der Waals surface area contributed by atoms with Crippen LogP contribution in [-0.2, 0) is 15.4 Å². The molecule has 1 saturated heterocycles. The first-order chi connectivity index (χ1) is 12.4. The second-order valence-electron chi connectivity index (χ2n) is 6.42. The predicted octanol–water partition coefficient (Wildman–Crippen LogP) is 2.03. The maximum atomic E-state index is 12.7. The van der Waals surface area contributed by atoms with E-state index in [1.54, 1.807) is 4.90 Å². The molecule has 0 radical (unpaired) electrons. The summed E-state index contributed by atoms with van der Waals surface area (Å²) in [6.45, 7) is 0.941. The van der Waals surface area contributed by atoms with Crippen LogP contribution in [0, 0.1) is 11.3 Å². The number of benzene rings is 2. The maximum absolute atomic E-state index is 12.7. The SMILES string of the molecule is N#CC1(c2ccccc2)CCN(C(=O)c2ccc(S(N)(=O)=O)cc2)CC1. The molecular formula is C19H19N3O3S. The van der Waals surface area contributed by atoms with Gasteiger partial charge in [0.15, 0.2) is 0 Å². The summed E-state index contributed by atoms with van der Waals surface area (Å²) in [6.07, 6.45) is 1.13. The summed E-state index contributed by atoms with van der Waals surface area (Å²) in [5.41, 5.74) is 0.809. The molecule has 3 rings (SSSR count). The van der Waals surface area contributed by atoms with Gasteiger partial charge in [-0.25, -0.2) is 13.6 Å². The number of nitrogens with two attached hydrogens (primary N) is 1. The van der Waals surface area contributed by atoms with Crippen molar-refractivity contribution in [2.75, 3.05) is 13.1 Å². The number of carbonyl (C=O) groups is 1. The first-order valence-electron chi connectivity index (χ1n) is 8.25. The lowest BCUT2D eigenvalue weighted by molar-refractivity contribution is 0.0692. The number of nitrogens with zero attached hydrogens (tertiary/aromatic N) is 2. The maximum Gasteiger partial charge on any atom is 0.253 e. The van der Waals surface area contributed by atoms with E-state index in [-0.39, 0.29) is 10.8 Å². The van der Waals surface area contributed by atoms with E-state index in [2.05, 4.69) is 6.07 Å². The summed E-state index contributed by atoms with van der Waals surface area (Å²) < 4.78 is 22.6. The van der Waals surface area contributed by atoms with Gasteiger partial charge < -0.3 is 4.90 Å². The van der Waals surface area contributed by atoms with Crippen LogP contribution in [0.4, 0.5) is 0 Å². The summed E-state index contributed by atoms with van der Waals surface area (Å²) >= 11 is 0. The summed E-state index contributed by atoms with van der Waals surface area (Å²) in [5, 5.41) is 14.8. The predicted molar refractivity (Wildman–Crippen MR) is 96.7 cm³/mol. The number of piperidine rings is 1. The molecule has 0 unspecified atom stereocenters. The van der Waals surface area contributed by atoms with Gasteiger partial charge in [0.2, 0.25) is 10.0 Å². The van der Waals surface area contributed by atoms with Crippen LogP contribution in [0.25, 0.3) is 0 Å². The number of nitriles is 1. The van der Waals surface area contributed by atoms with E-state index in [0.717, 1.165) is 5.56 Å². The average Bonchev–Trinajstić information content (AvgIpc) is 2.67. The molecule has 1 aliphatic rings. The zero-order valence-corrected chi connectivity index (χ0v) is 14.9.